The van der Waals surface area contributed by atoms with E-state index in [-0.39, 0.29) is 0 Å². The smallest absolute Gasteiger partial charge is 0.103 e. The van der Waals surface area contributed by atoms with Crippen LogP contribution in [0.25, 0.3) is 0 Å². The SMILES string of the molecule is CC(C)Cc1ccc(CNC(C)CCc2ccco2)cc1. The number of hydrogen-bond donors (Lipinski definition) is 1. The normalized spacial score (nSPS) is 12.8. The first-order chi connectivity index (χ1) is 10.1. The average Bonchev–Trinajstić information content (AvgIpc) is 2.97. The zero-order valence-corrected chi connectivity index (χ0v) is 13.4. The molecule has 0 radical (unpaired) electrons. The third-order valence-electron chi connectivity index (χ3n) is 3.73. The molecule has 0 bridgehead atoms. The maximum Gasteiger partial charge on any atom is 0.103 e. The van der Waals surface area contributed by atoms with Crippen LogP contribution in [0, 0.1) is 5.92 Å². The minimum Gasteiger partial charge on any atom is -0.469 e. The molecule has 0 aliphatic carbocycles. The molecule has 21 heavy (non-hydrogen) atoms. The molecule has 0 aliphatic rings. The van der Waals surface area contributed by atoms with Gasteiger partial charge in [0.1, 0.15) is 5.76 Å². The zero-order valence-electron chi connectivity index (χ0n) is 13.4. The van der Waals surface area contributed by atoms with Gasteiger partial charge in [0.05, 0.1) is 6.26 Å². The molecule has 0 saturated heterocycles. The van der Waals surface area contributed by atoms with Crippen LogP contribution in [0.4, 0.5) is 0 Å². The predicted molar refractivity (Wildman–Crippen MR) is 88.3 cm³/mol. The molecule has 0 fully saturated rings. The Morgan fingerprint density at radius 3 is 2.33 bits per heavy atom. The Hall–Kier alpha value is -1.54. The zero-order chi connectivity index (χ0) is 15.1. The van der Waals surface area contributed by atoms with Crippen molar-refractivity contribution < 1.29 is 4.42 Å². The Labute approximate surface area is 128 Å². The molecule has 1 heterocycles. The van der Waals surface area contributed by atoms with Crippen LogP contribution in [0.3, 0.4) is 0 Å². The fourth-order valence-corrected chi connectivity index (χ4v) is 2.47. The van der Waals surface area contributed by atoms with Gasteiger partial charge in [-0.3, -0.25) is 0 Å². The van der Waals surface area contributed by atoms with Crippen molar-refractivity contribution in [3.05, 3.63) is 59.5 Å². The number of hydrogen-bond acceptors (Lipinski definition) is 2. The fourth-order valence-electron chi connectivity index (χ4n) is 2.47. The standard InChI is InChI=1S/C19H27NO/c1-15(2)13-17-7-9-18(10-8-17)14-20-16(3)6-11-19-5-4-12-21-19/h4-5,7-10,12,15-16,20H,6,11,13-14H2,1-3H3. The molecule has 0 spiro atoms. The number of furan rings is 1. The van der Waals surface area contributed by atoms with Gasteiger partial charge in [-0.05, 0) is 48.9 Å². The molecule has 2 nitrogen and oxygen atoms in total. The lowest BCUT2D eigenvalue weighted by molar-refractivity contribution is 0.460. The van der Waals surface area contributed by atoms with Crippen molar-refractivity contribution in [2.75, 3.05) is 0 Å². The van der Waals surface area contributed by atoms with Crippen LogP contribution >= 0.6 is 0 Å². The third kappa shape index (κ3) is 5.76. The van der Waals surface area contributed by atoms with E-state index in [1.165, 1.54) is 11.1 Å². The fraction of sp³-hybridized carbons (Fsp3) is 0.474. The summed E-state index contributed by atoms with van der Waals surface area (Å²) in [5, 5.41) is 3.58. The summed E-state index contributed by atoms with van der Waals surface area (Å²) >= 11 is 0. The maximum atomic E-state index is 5.36. The van der Waals surface area contributed by atoms with Gasteiger partial charge in [-0.25, -0.2) is 0 Å². The Balaban J connectivity index is 1.71. The summed E-state index contributed by atoms with van der Waals surface area (Å²) < 4.78 is 5.36. The van der Waals surface area contributed by atoms with Gasteiger partial charge in [0.2, 0.25) is 0 Å². The van der Waals surface area contributed by atoms with Crippen molar-refractivity contribution >= 4 is 0 Å². The highest BCUT2D eigenvalue weighted by atomic mass is 16.3. The minimum atomic E-state index is 0.491. The number of aryl methyl sites for hydroxylation is 1. The van der Waals surface area contributed by atoms with Crippen LogP contribution in [-0.4, -0.2) is 6.04 Å². The monoisotopic (exact) mass is 285 g/mol. The Kier molecular flexibility index (Phi) is 6.06. The molecule has 0 amide bonds. The van der Waals surface area contributed by atoms with E-state index in [1.807, 2.05) is 12.1 Å². The lowest BCUT2D eigenvalue weighted by Crippen LogP contribution is -2.25. The molecule has 1 N–H and O–H groups in total. The van der Waals surface area contributed by atoms with Crippen LogP contribution in [0.5, 0.6) is 0 Å². The van der Waals surface area contributed by atoms with Gasteiger partial charge in [-0.15, -0.1) is 0 Å². The molecule has 0 aliphatic heterocycles. The number of rotatable bonds is 8. The molecule has 1 atom stereocenters. The lowest BCUT2D eigenvalue weighted by Gasteiger charge is -2.13. The number of benzene rings is 1. The van der Waals surface area contributed by atoms with Crippen molar-refractivity contribution in [3.63, 3.8) is 0 Å². The van der Waals surface area contributed by atoms with Crippen LogP contribution < -0.4 is 5.32 Å². The summed E-state index contributed by atoms with van der Waals surface area (Å²) in [6.45, 7) is 7.68. The summed E-state index contributed by atoms with van der Waals surface area (Å²) in [5.74, 6) is 1.79. The molecule has 1 aromatic heterocycles. The summed E-state index contributed by atoms with van der Waals surface area (Å²) in [6, 6.07) is 13.5. The van der Waals surface area contributed by atoms with Crippen molar-refractivity contribution in [2.45, 2.75) is 52.6 Å². The Morgan fingerprint density at radius 2 is 1.71 bits per heavy atom. The van der Waals surface area contributed by atoms with Gasteiger partial charge in [0.25, 0.3) is 0 Å². The van der Waals surface area contributed by atoms with Gasteiger partial charge in [-0.2, -0.15) is 0 Å². The second-order valence-electron chi connectivity index (χ2n) is 6.31. The van der Waals surface area contributed by atoms with Crippen LogP contribution in [0.1, 0.15) is 44.1 Å². The first-order valence-corrected chi connectivity index (χ1v) is 7.97. The molecule has 1 aromatic carbocycles. The van der Waals surface area contributed by atoms with Crippen molar-refractivity contribution in [3.8, 4) is 0 Å². The molecule has 0 saturated carbocycles. The van der Waals surface area contributed by atoms with E-state index >= 15 is 0 Å². The molecule has 2 aromatic rings. The first kappa shape index (κ1) is 15.8. The lowest BCUT2D eigenvalue weighted by atomic mass is 10.0. The minimum absolute atomic E-state index is 0.491. The van der Waals surface area contributed by atoms with Crippen LogP contribution in [0.15, 0.2) is 47.1 Å². The van der Waals surface area contributed by atoms with Gasteiger partial charge >= 0.3 is 0 Å². The molecular formula is C19H27NO. The van der Waals surface area contributed by atoms with Crippen LogP contribution in [-0.2, 0) is 19.4 Å². The highest BCUT2D eigenvalue weighted by molar-refractivity contribution is 5.22. The largest absolute Gasteiger partial charge is 0.469 e. The molecule has 2 rings (SSSR count). The highest BCUT2D eigenvalue weighted by Crippen LogP contribution is 2.10. The van der Waals surface area contributed by atoms with E-state index in [0.717, 1.165) is 37.5 Å². The predicted octanol–water partition coefficient (Wildman–Crippen LogP) is 4.59. The van der Waals surface area contributed by atoms with E-state index in [4.69, 9.17) is 4.42 Å². The summed E-state index contributed by atoms with van der Waals surface area (Å²) in [5.41, 5.74) is 2.78. The van der Waals surface area contributed by atoms with Crippen molar-refractivity contribution in [2.24, 2.45) is 5.92 Å². The van der Waals surface area contributed by atoms with E-state index in [9.17, 15) is 0 Å². The van der Waals surface area contributed by atoms with E-state index < -0.39 is 0 Å². The molecule has 1 unspecified atom stereocenters. The molecular weight excluding hydrogens is 258 g/mol. The first-order valence-electron chi connectivity index (χ1n) is 7.97. The van der Waals surface area contributed by atoms with Crippen molar-refractivity contribution in [1.29, 1.82) is 0 Å². The van der Waals surface area contributed by atoms with E-state index in [0.29, 0.717) is 6.04 Å². The van der Waals surface area contributed by atoms with E-state index in [1.54, 1.807) is 6.26 Å². The van der Waals surface area contributed by atoms with Gasteiger partial charge in [-0.1, -0.05) is 38.1 Å². The summed E-state index contributed by atoms with van der Waals surface area (Å²) in [4.78, 5) is 0. The Morgan fingerprint density at radius 1 is 1.00 bits per heavy atom. The van der Waals surface area contributed by atoms with Gasteiger partial charge < -0.3 is 9.73 Å². The quantitative estimate of drug-likeness (QED) is 0.767. The topological polar surface area (TPSA) is 25.2 Å². The number of nitrogens with one attached hydrogen (secondary N) is 1. The average molecular weight is 285 g/mol. The molecule has 2 heteroatoms. The van der Waals surface area contributed by atoms with Gasteiger partial charge in [0.15, 0.2) is 0 Å². The van der Waals surface area contributed by atoms with Crippen LogP contribution in [0.2, 0.25) is 0 Å². The second-order valence-corrected chi connectivity index (χ2v) is 6.31. The van der Waals surface area contributed by atoms with Crippen molar-refractivity contribution in [1.82, 2.24) is 5.32 Å². The molecule has 114 valence electrons. The van der Waals surface area contributed by atoms with Gasteiger partial charge in [0, 0.05) is 19.0 Å². The maximum absolute atomic E-state index is 5.36. The summed E-state index contributed by atoms with van der Waals surface area (Å²) in [6.07, 6.45) is 4.99. The van der Waals surface area contributed by atoms with E-state index in [2.05, 4.69) is 50.4 Å². The second kappa shape index (κ2) is 8.04. The Bertz CT molecular complexity index is 499. The third-order valence-corrected chi connectivity index (χ3v) is 3.73. The highest BCUT2D eigenvalue weighted by Gasteiger charge is 2.04. The summed E-state index contributed by atoms with van der Waals surface area (Å²) in [7, 11) is 0.